The average Bonchev–Trinajstić information content (AvgIpc) is 4.09. The zero-order valence-corrected chi connectivity index (χ0v) is 40.0. The van der Waals surface area contributed by atoms with E-state index in [1.807, 2.05) is 30.3 Å². The van der Waals surface area contributed by atoms with E-state index in [2.05, 4.69) is 231 Å². The number of nitrogens with zero attached hydrogens (tertiary/aromatic N) is 3. The van der Waals surface area contributed by atoms with E-state index in [1.165, 1.54) is 11.1 Å². The predicted molar refractivity (Wildman–Crippen MR) is 303 cm³/mol. The first-order valence-electron chi connectivity index (χ1n) is 24.9. The van der Waals surface area contributed by atoms with Crippen molar-refractivity contribution in [1.29, 1.82) is 0 Å². The maximum Gasteiger partial charge on any atom is 0.164 e. The van der Waals surface area contributed by atoms with Gasteiger partial charge in [0.05, 0.1) is 0 Å². The van der Waals surface area contributed by atoms with Crippen LogP contribution in [0.25, 0.3) is 145 Å². The summed E-state index contributed by atoms with van der Waals surface area (Å²) in [6.07, 6.45) is 0. The Balaban J connectivity index is 0.931. The lowest BCUT2D eigenvalue weighted by atomic mass is 9.95. The zero-order chi connectivity index (χ0) is 49.0. The Morgan fingerprint density at radius 3 is 0.865 bits per heavy atom. The van der Waals surface area contributed by atoms with Crippen LogP contribution < -0.4 is 0 Å². The minimum atomic E-state index is 0.546. The van der Waals surface area contributed by atoms with Gasteiger partial charge >= 0.3 is 0 Å². The molecule has 3 aromatic heterocycles. The van der Waals surface area contributed by atoms with Crippen LogP contribution in [0.1, 0.15) is 0 Å². The molecule has 346 valence electrons. The number of furan rings is 2. The number of hydrogen-bond acceptors (Lipinski definition) is 5. The molecule has 0 aliphatic heterocycles. The smallest absolute Gasteiger partial charge is 0.164 e. The molecule has 3 heterocycles. The van der Waals surface area contributed by atoms with E-state index >= 15 is 0 Å². The molecule has 0 saturated heterocycles. The highest BCUT2D eigenvalue weighted by Gasteiger charge is 2.23. The number of aromatic nitrogens is 3. The van der Waals surface area contributed by atoms with Gasteiger partial charge in [0.25, 0.3) is 0 Å². The maximum absolute atomic E-state index is 7.06. The first kappa shape index (κ1) is 42.9. The van der Waals surface area contributed by atoms with Crippen LogP contribution in [-0.4, -0.2) is 15.0 Å². The Kier molecular flexibility index (Phi) is 10.4. The summed E-state index contributed by atoms with van der Waals surface area (Å²) in [4.78, 5) is 16.1. The Bertz CT molecular complexity index is 4390. The third kappa shape index (κ3) is 7.46. The molecule has 0 aliphatic carbocycles. The van der Waals surface area contributed by atoms with E-state index in [0.717, 1.165) is 116 Å². The standard InChI is InChI=1S/C69H43N3O2/c1-4-18-44(19-5-1)46-36-40-49(41-37-46)52-29-15-33-58-60-35-17-31-56(66(60)74-64(52)58)54-25-11-13-27-62(54)69-71-67(50-42-38-47(39-43-50)45-20-6-2-7-21-45)70-68(72-69)61-26-12-10-24-53(61)55-30-16-34-59-57-32-14-28-51(63(57)73-65(55)59)48-22-8-3-9-23-48/h1-43H. The van der Waals surface area contributed by atoms with E-state index < -0.39 is 0 Å². The fraction of sp³-hybridized carbons (Fsp3) is 0. The number of hydrogen-bond donors (Lipinski definition) is 0. The van der Waals surface area contributed by atoms with Gasteiger partial charge in [0, 0.05) is 60.5 Å². The van der Waals surface area contributed by atoms with Crippen molar-refractivity contribution in [1.82, 2.24) is 15.0 Å². The number of benzene rings is 11. The van der Waals surface area contributed by atoms with Crippen LogP contribution >= 0.6 is 0 Å². The van der Waals surface area contributed by atoms with E-state index in [-0.39, 0.29) is 0 Å². The Morgan fingerprint density at radius 1 is 0.176 bits per heavy atom. The van der Waals surface area contributed by atoms with Crippen molar-refractivity contribution in [3.63, 3.8) is 0 Å². The highest BCUT2D eigenvalue weighted by molar-refractivity contribution is 6.15. The maximum atomic E-state index is 7.06. The molecule has 0 atom stereocenters. The van der Waals surface area contributed by atoms with E-state index in [0.29, 0.717) is 17.5 Å². The van der Waals surface area contributed by atoms with Crippen LogP contribution in [0.5, 0.6) is 0 Å². The van der Waals surface area contributed by atoms with Crippen molar-refractivity contribution >= 4 is 43.9 Å². The highest BCUT2D eigenvalue weighted by Crippen LogP contribution is 2.45. The summed E-state index contributed by atoms with van der Waals surface area (Å²) in [6, 6.07) is 90.8. The van der Waals surface area contributed by atoms with Crippen LogP contribution in [0.15, 0.2) is 270 Å². The topological polar surface area (TPSA) is 65.0 Å². The van der Waals surface area contributed by atoms with Crippen LogP contribution in [0.4, 0.5) is 0 Å². The van der Waals surface area contributed by atoms with Crippen LogP contribution in [0, 0.1) is 0 Å². The largest absolute Gasteiger partial charge is 0.455 e. The molecule has 0 amide bonds. The molecule has 14 rings (SSSR count). The normalized spacial score (nSPS) is 11.5. The lowest BCUT2D eigenvalue weighted by Crippen LogP contribution is -2.02. The lowest BCUT2D eigenvalue weighted by Gasteiger charge is -2.14. The second-order valence-electron chi connectivity index (χ2n) is 18.6. The van der Waals surface area contributed by atoms with Gasteiger partial charge in [-0.25, -0.2) is 15.0 Å². The number of rotatable bonds is 9. The van der Waals surface area contributed by atoms with Gasteiger partial charge in [0.1, 0.15) is 22.3 Å². The number of fused-ring (bicyclic) bond motifs is 6. The molecule has 5 nitrogen and oxygen atoms in total. The molecule has 0 bridgehead atoms. The van der Waals surface area contributed by atoms with Crippen molar-refractivity contribution in [2.45, 2.75) is 0 Å². The Hall–Kier alpha value is -9.97. The van der Waals surface area contributed by atoms with Gasteiger partial charge in [-0.2, -0.15) is 0 Å². The Labute approximate surface area is 427 Å². The highest BCUT2D eigenvalue weighted by atomic mass is 16.3. The molecule has 0 radical (unpaired) electrons. The van der Waals surface area contributed by atoms with E-state index in [9.17, 15) is 0 Å². The lowest BCUT2D eigenvalue weighted by molar-refractivity contribution is 0.670. The van der Waals surface area contributed by atoms with E-state index in [4.69, 9.17) is 23.8 Å². The molecular formula is C69H43N3O2. The third-order valence-corrected chi connectivity index (χ3v) is 14.2. The average molecular weight is 946 g/mol. The molecule has 0 N–H and O–H groups in total. The molecule has 74 heavy (non-hydrogen) atoms. The van der Waals surface area contributed by atoms with Crippen molar-refractivity contribution in [3.05, 3.63) is 261 Å². The molecular weight excluding hydrogens is 903 g/mol. The van der Waals surface area contributed by atoms with Gasteiger partial charge < -0.3 is 8.83 Å². The summed E-state index contributed by atoms with van der Waals surface area (Å²) in [6.45, 7) is 0. The van der Waals surface area contributed by atoms with Gasteiger partial charge in [-0.05, 0) is 44.5 Å². The van der Waals surface area contributed by atoms with Crippen LogP contribution in [0.3, 0.4) is 0 Å². The Morgan fingerprint density at radius 2 is 0.446 bits per heavy atom. The molecule has 11 aromatic carbocycles. The SMILES string of the molecule is c1ccc(-c2ccc(-c3nc(-c4ccccc4-c4cccc5c4oc4c(-c6ccccc6)cccc45)nc(-c4ccccc4-c4cccc5c4oc4c(-c6ccc(-c7ccccc7)cc6)cccc45)n3)cc2)cc1. The molecule has 0 unspecified atom stereocenters. The second-order valence-corrected chi connectivity index (χ2v) is 18.6. The minimum Gasteiger partial charge on any atom is -0.455 e. The zero-order valence-electron chi connectivity index (χ0n) is 40.0. The second kappa shape index (κ2) is 18.0. The predicted octanol–water partition coefficient (Wildman–Crippen LogP) is 18.7. The van der Waals surface area contributed by atoms with E-state index in [1.54, 1.807) is 0 Å². The van der Waals surface area contributed by atoms with Gasteiger partial charge in [-0.15, -0.1) is 0 Å². The van der Waals surface area contributed by atoms with Crippen LogP contribution in [0.2, 0.25) is 0 Å². The quantitative estimate of drug-likeness (QED) is 0.144. The van der Waals surface area contributed by atoms with Crippen molar-refractivity contribution < 1.29 is 8.83 Å². The monoisotopic (exact) mass is 945 g/mol. The first-order chi connectivity index (χ1) is 36.7. The van der Waals surface area contributed by atoms with Crippen molar-refractivity contribution in [2.75, 3.05) is 0 Å². The molecule has 0 aliphatic rings. The number of para-hydroxylation sites is 4. The molecule has 0 saturated carbocycles. The van der Waals surface area contributed by atoms with Gasteiger partial charge in [-0.3, -0.25) is 0 Å². The summed E-state index contributed by atoms with van der Waals surface area (Å²) >= 11 is 0. The molecule has 14 aromatic rings. The molecule has 5 heteroatoms. The van der Waals surface area contributed by atoms with Crippen molar-refractivity contribution in [2.24, 2.45) is 0 Å². The van der Waals surface area contributed by atoms with Gasteiger partial charge in [0.2, 0.25) is 0 Å². The molecule has 0 spiro atoms. The van der Waals surface area contributed by atoms with Crippen LogP contribution in [-0.2, 0) is 0 Å². The summed E-state index contributed by atoms with van der Waals surface area (Å²) in [7, 11) is 0. The minimum absolute atomic E-state index is 0.546. The fourth-order valence-electron chi connectivity index (χ4n) is 10.6. The first-order valence-corrected chi connectivity index (χ1v) is 24.9. The van der Waals surface area contributed by atoms with Gasteiger partial charge in [0.15, 0.2) is 17.5 Å². The third-order valence-electron chi connectivity index (χ3n) is 14.2. The summed E-state index contributed by atoms with van der Waals surface area (Å²) in [5.41, 5.74) is 18.6. The van der Waals surface area contributed by atoms with Gasteiger partial charge in [-0.1, -0.05) is 261 Å². The summed E-state index contributed by atoms with van der Waals surface area (Å²) < 4.78 is 14.0. The van der Waals surface area contributed by atoms with Crippen molar-refractivity contribution in [3.8, 4) is 101 Å². The summed E-state index contributed by atoms with van der Waals surface area (Å²) in [5.74, 6) is 1.66. The molecule has 0 fully saturated rings. The summed E-state index contributed by atoms with van der Waals surface area (Å²) in [5, 5.41) is 4.20. The fourth-order valence-corrected chi connectivity index (χ4v) is 10.6.